The van der Waals surface area contributed by atoms with Gasteiger partial charge in [0.2, 0.25) is 5.88 Å². The third-order valence-corrected chi connectivity index (χ3v) is 6.54. The molecule has 3 heterocycles. The first kappa shape index (κ1) is 25.7. The Hall–Kier alpha value is -4.91. The third-order valence-electron chi connectivity index (χ3n) is 5.49. The Bertz CT molecular complexity index is 1710. The number of nitrogens with zero attached hydrogens (tertiary/aromatic N) is 4. The van der Waals surface area contributed by atoms with Crippen molar-refractivity contribution in [2.75, 3.05) is 25.6 Å². The SMILES string of the molecule is COc1cnc2c(-c3nc4cc(F)c(OCCOC(=O)Nc5ccc(C(N)=O)nc5)cc4s3)cc(C)cc2n1. The number of hydrogen-bond acceptors (Lipinski definition) is 10. The summed E-state index contributed by atoms with van der Waals surface area (Å²) in [5.41, 5.74) is 9.07. The minimum atomic E-state index is -0.763. The molecule has 0 aliphatic heterocycles. The number of amides is 2. The first-order chi connectivity index (χ1) is 18.8. The Kier molecular flexibility index (Phi) is 7.14. The van der Waals surface area contributed by atoms with E-state index in [0.717, 1.165) is 11.1 Å². The molecule has 5 aromatic rings. The molecular weight excluding hydrogens is 527 g/mol. The van der Waals surface area contributed by atoms with Crippen LogP contribution in [0.4, 0.5) is 14.9 Å². The smallest absolute Gasteiger partial charge is 0.411 e. The number of carbonyl (C=O) groups excluding carboxylic acids is 2. The molecule has 0 fully saturated rings. The standard InChI is InChI=1S/C26H21FN6O5S/c1-13-7-15(23-19(8-13)32-22(36-2)12-30-23)25-33-18-9-16(27)20(10-21(18)39-25)37-5-6-38-26(35)31-14-3-4-17(24(28)34)29-11-14/h3-4,7-12H,5-6H2,1-2H3,(H2,28,34)(H,31,35). The molecule has 3 aromatic heterocycles. The number of nitrogens with two attached hydrogens (primary N) is 1. The van der Waals surface area contributed by atoms with Gasteiger partial charge in [0.15, 0.2) is 11.6 Å². The fraction of sp³-hybridized carbons (Fsp3) is 0.154. The number of methoxy groups -OCH3 is 1. The van der Waals surface area contributed by atoms with Gasteiger partial charge in [-0.3, -0.25) is 10.1 Å². The van der Waals surface area contributed by atoms with E-state index in [4.69, 9.17) is 19.9 Å². The van der Waals surface area contributed by atoms with Crippen molar-refractivity contribution in [1.82, 2.24) is 19.9 Å². The lowest BCUT2D eigenvalue weighted by molar-refractivity contribution is 0.0995. The highest BCUT2D eigenvalue weighted by atomic mass is 32.1. The van der Waals surface area contributed by atoms with Crippen molar-refractivity contribution in [3.63, 3.8) is 0 Å². The Morgan fingerprint density at radius 1 is 1.05 bits per heavy atom. The van der Waals surface area contributed by atoms with Gasteiger partial charge in [0.05, 0.1) is 46.4 Å². The summed E-state index contributed by atoms with van der Waals surface area (Å²) in [6.07, 6.45) is 2.05. The predicted octanol–water partition coefficient (Wildman–Crippen LogP) is 4.48. The van der Waals surface area contributed by atoms with Crippen LogP contribution in [0.1, 0.15) is 16.1 Å². The van der Waals surface area contributed by atoms with Crippen LogP contribution in [0.3, 0.4) is 0 Å². The van der Waals surface area contributed by atoms with E-state index in [0.29, 0.717) is 37.8 Å². The number of pyridine rings is 1. The maximum atomic E-state index is 14.7. The minimum absolute atomic E-state index is 0.00609. The minimum Gasteiger partial charge on any atom is -0.487 e. The normalized spacial score (nSPS) is 10.9. The van der Waals surface area contributed by atoms with Crippen LogP contribution in [-0.4, -0.2) is 52.3 Å². The number of ether oxygens (including phenoxy) is 3. The van der Waals surface area contributed by atoms with Gasteiger partial charge in [0, 0.05) is 17.7 Å². The topological polar surface area (TPSA) is 151 Å². The van der Waals surface area contributed by atoms with Crippen LogP contribution in [0.15, 0.2) is 48.8 Å². The number of carbonyl (C=O) groups is 2. The van der Waals surface area contributed by atoms with Crippen molar-refractivity contribution in [3.8, 4) is 22.2 Å². The van der Waals surface area contributed by atoms with Crippen LogP contribution < -0.4 is 20.5 Å². The first-order valence-electron chi connectivity index (χ1n) is 11.5. The van der Waals surface area contributed by atoms with E-state index in [9.17, 15) is 14.0 Å². The van der Waals surface area contributed by atoms with Crippen LogP contribution in [0.25, 0.3) is 31.8 Å². The van der Waals surface area contributed by atoms with Crippen molar-refractivity contribution in [3.05, 3.63) is 65.9 Å². The molecule has 3 N–H and O–H groups in total. The molecule has 13 heteroatoms. The molecule has 0 aliphatic carbocycles. The van der Waals surface area contributed by atoms with Crippen molar-refractivity contribution >= 4 is 50.3 Å². The average molecular weight is 549 g/mol. The second-order valence-corrected chi connectivity index (χ2v) is 9.30. The molecule has 0 saturated carbocycles. The number of hydrogen-bond donors (Lipinski definition) is 2. The Morgan fingerprint density at radius 2 is 1.90 bits per heavy atom. The number of fused-ring (bicyclic) bond motifs is 2. The molecule has 198 valence electrons. The summed E-state index contributed by atoms with van der Waals surface area (Å²) in [6.45, 7) is 1.73. The molecule has 0 atom stereocenters. The molecule has 0 radical (unpaired) electrons. The van der Waals surface area contributed by atoms with Gasteiger partial charge in [-0.15, -0.1) is 11.3 Å². The van der Waals surface area contributed by atoms with Crippen molar-refractivity contribution in [2.45, 2.75) is 6.92 Å². The van der Waals surface area contributed by atoms with E-state index in [1.54, 1.807) is 12.3 Å². The van der Waals surface area contributed by atoms with Gasteiger partial charge < -0.3 is 19.9 Å². The summed E-state index contributed by atoms with van der Waals surface area (Å²) in [4.78, 5) is 40.4. The van der Waals surface area contributed by atoms with E-state index < -0.39 is 17.8 Å². The zero-order valence-electron chi connectivity index (χ0n) is 20.7. The fourth-order valence-corrected chi connectivity index (χ4v) is 4.71. The zero-order chi connectivity index (χ0) is 27.5. The van der Waals surface area contributed by atoms with Crippen LogP contribution in [0, 0.1) is 12.7 Å². The van der Waals surface area contributed by atoms with E-state index in [2.05, 4.69) is 25.3 Å². The van der Waals surface area contributed by atoms with Gasteiger partial charge in [0.1, 0.15) is 23.9 Å². The molecule has 5 rings (SSSR count). The number of halogens is 1. The Balaban J connectivity index is 1.25. The van der Waals surface area contributed by atoms with Gasteiger partial charge in [-0.1, -0.05) is 0 Å². The summed E-state index contributed by atoms with van der Waals surface area (Å²) in [6, 6.07) is 9.56. The molecule has 0 saturated heterocycles. The quantitative estimate of drug-likeness (QED) is 0.267. The molecule has 0 aliphatic rings. The first-order valence-corrected chi connectivity index (χ1v) is 12.4. The number of nitrogens with one attached hydrogen (secondary N) is 1. The highest BCUT2D eigenvalue weighted by Crippen LogP contribution is 2.37. The fourth-order valence-electron chi connectivity index (χ4n) is 3.72. The van der Waals surface area contributed by atoms with E-state index in [-0.39, 0.29) is 24.7 Å². The number of rotatable bonds is 8. The molecule has 0 spiro atoms. The molecule has 0 bridgehead atoms. The van der Waals surface area contributed by atoms with Gasteiger partial charge in [-0.2, -0.15) is 0 Å². The number of anilines is 1. The van der Waals surface area contributed by atoms with Crippen molar-refractivity contribution in [2.24, 2.45) is 5.73 Å². The van der Waals surface area contributed by atoms with Crippen LogP contribution in [0.2, 0.25) is 0 Å². The number of thiazole rings is 1. The average Bonchev–Trinajstić information content (AvgIpc) is 3.33. The lowest BCUT2D eigenvalue weighted by atomic mass is 10.1. The van der Waals surface area contributed by atoms with Crippen molar-refractivity contribution < 1.29 is 28.2 Å². The van der Waals surface area contributed by atoms with Gasteiger partial charge in [-0.05, 0) is 36.8 Å². The van der Waals surface area contributed by atoms with Crippen LogP contribution in [0.5, 0.6) is 11.6 Å². The molecule has 39 heavy (non-hydrogen) atoms. The van der Waals surface area contributed by atoms with E-state index in [1.807, 2.05) is 19.1 Å². The van der Waals surface area contributed by atoms with E-state index in [1.165, 1.54) is 42.8 Å². The Labute approximate surface area is 224 Å². The van der Waals surface area contributed by atoms with Gasteiger partial charge in [0.25, 0.3) is 5.91 Å². The monoisotopic (exact) mass is 548 g/mol. The van der Waals surface area contributed by atoms with Crippen LogP contribution in [-0.2, 0) is 4.74 Å². The second-order valence-electron chi connectivity index (χ2n) is 8.27. The number of primary amides is 1. The Morgan fingerprint density at radius 3 is 2.64 bits per heavy atom. The summed E-state index contributed by atoms with van der Waals surface area (Å²) in [5.74, 6) is -0.862. The molecule has 2 aromatic carbocycles. The maximum Gasteiger partial charge on any atom is 0.411 e. The zero-order valence-corrected chi connectivity index (χ0v) is 21.5. The lowest BCUT2D eigenvalue weighted by Gasteiger charge is -2.09. The predicted molar refractivity (Wildman–Crippen MR) is 143 cm³/mol. The summed E-state index contributed by atoms with van der Waals surface area (Å²) in [5, 5.41) is 3.12. The second kappa shape index (κ2) is 10.8. The summed E-state index contributed by atoms with van der Waals surface area (Å²) in [7, 11) is 1.53. The van der Waals surface area contributed by atoms with Gasteiger partial charge >= 0.3 is 6.09 Å². The summed E-state index contributed by atoms with van der Waals surface area (Å²) < 4.78 is 31.2. The molecule has 11 nitrogen and oxygen atoms in total. The third kappa shape index (κ3) is 5.67. The highest BCUT2D eigenvalue weighted by molar-refractivity contribution is 7.21. The molecule has 2 amide bonds. The summed E-state index contributed by atoms with van der Waals surface area (Å²) >= 11 is 1.37. The highest BCUT2D eigenvalue weighted by Gasteiger charge is 2.16. The number of aromatic nitrogens is 4. The van der Waals surface area contributed by atoms with E-state index >= 15 is 0 Å². The lowest BCUT2D eigenvalue weighted by Crippen LogP contribution is -2.18. The molecule has 0 unspecified atom stereocenters. The number of benzene rings is 2. The van der Waals surface area contributed by atoms with Crippen molar-refractivity contribution in [1.29, 1.82) is 0 Å². The van der Waals surface area contributed by atoms with Gasteiger partial charge in [-0.25, -0.2) is 29.1 Å². The maximum absolute atomic E-state index is 14.7. The molecular formula is C26H21FN6O5S. The van der Waals surface area contributed by atoms with Crippen LogP contribution >= 0.6 is 11.3 Å². The largest absolute Gasteiger partial charge is 0.487 e. The number of aryl methyl sites for hydroxylation is 1.